The molecule has 2 rings (SSSR count). The summed E-state index contributed by atoms with van der Waals surface area (Å²) in [6, 6.07) is 12.1. The summed E-state index contributed by atoms with van der Waals surface area (Å²) < 4.78 is 58.7. The van der Waals surface area contributed by atoms with Gasteiger partial charge in [0.15, 0.2) is 0 Å². The molecule has 0 heterocycles. The molecule has 1 amide bonds. The summed E-state index contributed by atoms with van der Waals surface area (Å²) in [5.74, 6) is 0. The first-order chi connectivity index (χ1) is 15.1. The molecule has 0 aliphatic heterocycles. The van der Waals surface area contributed by atoms with Gasteiger partial charge in [-0.05, 0) is 55.3 Å². The van der Waals surface area contributed by atoms with E-state index >= 15 is 0 Å². The van der Waals surface area contributed by atoms with Crippen molar-refractivity contribution < 1.29 is 26.4 Å². The Morgan fingerprint density at radius 3 is 1.97 bits per heavy atom. The number of carbonyl (C=O) groups excluding carboxylic acids is 1. The van der Waals surface area contributed by atoms with E-state index in [0.717, 1.165) is 5.56 Å². The number of rotatable bonds is 11. The summed E-state index contributed by atoms with van der Waals surface area (Å²) in [4.78, 5) is 11.7. The van der Waals surface area contributed by atoms with E-state index in [9.17, 15) is 21.6 Å². The van der Waals surface area contributed by atoms with Gasteiger partial charge in [0, 0.05) is 25.3 Å². The van der Waals surface area contributed by atoms with E-state index in [1.807, 2.05) is 0 Å². The second-order valence-electron chi connectivity index (χ2n) is 6.75. The number of sulfonamides is 2. The maximum atomic E-state index is 12.5. The third-order valence-corrected chi connectivity index (χ3v) is 8.20. The Morgan fingerprint density at radius 1 is 0.875 bits per heavy atom. The van der Waals surface area contributed by atoms with Crippen molar-refractivity contribution >= 4 is 31.8 Å². The minimum absolute atomic E-state index is 0.0626. The first-order valence-corrected chi connectivity index (χ1v) is 13.2. The zero-order valence-electron chi connectivity index (χ0n) is 18.4. The van der Waals surface area contributed by atoms with Crippen LogP contribution in [0.15, 0.2) is 58.3 Å². The number of hydrogen-bond donors (Lipinski definition) is 2. The van der Waals surface area contributed by atoms with Gasteiger partial charge in [-0.2, -0.15) is 4.31 Å². The van der Waals surface area contributed by atoms with Crippen LogP contribution in [0.2, 0.25) is 0 Å². The van der Waals surface area contributed by atoms with E-state index in [2.05, 4.69) is 10.0 Å². The molecule has 0 aliphatic carbocycles. The highest BCUT2D eigenvalue weighted by molar-refractivity contribution is 7.89. The Balaban J connectivity index is 1.95. The predicted molar refractivity (Wildman–Crippen MR) is 123 cm³/mol. The van der Waals surface area contributed by atoms with Gasteiger partial charge in [0.2, 0.25) is 20.0 Å². The van der Waals surface area contributed by atoms with Crippen molar-refractivity contribution in [2.45, 2.75) is 37.0 Å². The quantitative estimate of drug-likeness (QED) is 0.507. The maximum absolute atomic E-state index is 12.5. The smallest absolute Gasteiger partial charge is 0.411 e. The van der Waals surface area contributed by atoms with Gasteiger partial charge in [0.25, 0.3) is 0 Å². The van der Waals surface area contributed by atoms with Crippen molar-refractivity contribution in [2.24, 2.45) is 0 Å². The molecule has 2 N–H and O–H groups in total. The van der Waals surface area contributed by atoms with Gasteiger partial charge in [-0.3, -0.25) is 5.32 Å². The Morgan fingerprint density at radius 2 is 1.44 bits per heavy atom. The van der Waals surface area contributed by atoms with Gasteiger partial charge >= 0.3 is 6.09 Å². The van der Waals surface area contributed by atoms with Crippen LogP contribution in [0.5, 0.6) is 0 Å². The molecule has 0 radical (unpaired) electrons. The van der Waals surface area contributed by atoms with Gasteiger partial charge in [-0.15, -0.1) is 0 Å². The molecule has 0 bridgehead atoms. The lowest BCUT2D eigenvalue weighted by Gasteiger charge is -2.18. The third kappa shape index (κ3) is 6.76. The highest BCUT2D eigenvalue weighted by atomic mass is 32.2. The van der Waals surface area contributed by atoms with Gasteiger partial charge in [-0.25, -0.2) is 26.4 Å². The number of benzene rings is 2. The molecule has 0 fully saturated rings. The zero-order valence-corrected chi connectivity index (χ0v) is 20.0. The SMILES string of the molecule is CCOC(=O)Nc1ccc(S(=O)(=O)NCCc2ccc(S(=O)(=O)N(CC)CC)cc2)cc1. The number of hydrogen-bond acceptors (Lipinski definition) is 6. The van der Waals surface area contributed by atoms with E-state index in [-0.39, 0.29) is 22.9 Å². The van der Waals surface area contributed by atoms with Crippen LogP contribution >= 0.6 is 0 Å². The fraction of sp³-hybridized carbons (Fsp3) is 0.381. The standard InChI is InChI=1S/C21H29N3O6S2/c1-4-24(5-2)32(28,29)20-11-7-17(8-12-20)15-16-22-31(26,27)19-13-9-18(10-14-19)23-21(25)30-6-3/h7-14,22H,4-6,15-16H2,1-3H3,(H,23,25). The van der Waals surface area contributed by atoms with Crippen molar-refractivity contribution in [2.75, 3.05) is 31.6 Å². The van der Waals surface area contributed by atoms with Crippen LogP contribution in [0, 0.1) is 0 Å². The monoisotopic (exact) mass is 483 g/mol. The fourth-order valence-electron chi connectivity index (χ4n) is 2.96. The number of carbonyl (C=O) groups is 1. The van der Waals surface area contributed by atoms with Gasteiger partial charge < -0.3 is 4.74 Å². The van der Waals surface area contributed by atoms with Gasteiger partial charge in [0.1, 0.15) is 0 Å². The van der Waals surface area contributed by atoms with E-state index in [0.29, 0.717) is 25.2 Å². The van der Waals surface area contributed by atoms with E-state index in [4.69, 9.17) is 4.74 Å². The Labute approximate surface area is 189 Å². The topological polar surface area (TPSA) is 122 Å². The summed E-state index contributed by atoms with van der Waals surface area (Å²) >= 11 is 0. The average molecular weight is 484 g/mol. The highest BCUT2D eigenvalue weighted by Crippen LogP contribution is 2.17. The van der Waals surface area contributed by atoms with Crippen molar-refractivity contribution in [3.05, 3.63) is 54.1 Å². The zero-order chi connectivity index (χ0) is 23.8. The Kier molecular flexibility index (Phi) is 9.20. The van der Waals surface area contributed by atoms with E-state index in [1.165, 1.54) is 40.7 Å². The molecule has 0 unspecified atom stereocenters. The maximum Gasteiger partial charge on any atom is 0.411 e. The minimum Gasteiger partial charge on any atom is -0.450 e. The number of nitrogens with one attached hydrogen (secondary N) is 2. The lowest BCUT2D eigenvalue weighted by Crippen LogP contribution is -2.30. The molecule has 2 aromatic carbocycles. The van der Waals surface area contributed by atoms with Gasteiger partial charge in [0.05, 0.1) is 16.4 Å². The fourth-order valence-corrected chi connectivity index (χ4v) is 5.45. The van der Waals surface area contributed by atoms with Crippen molar-refractivity contribution in [1.29, 1.82) is 0 Å². The summed E-state index contributed by atoms with van der Waals surface area (Å²) in [7, 11) is -7.26. The van der Waals surface area contributed by atoms with Crippen LogP contribution in [-0.4, -0.2) is 53.5 Å². The summed E-state index contributed by atoms with van der Waals surface area (Å²) in [5.41, 5.74) is 1.22. The van der Waals surface area contributed by atoms with Crippen molar-refractivity contribution in [1.82, 2.24) is 9.03 Å². The van der Waals surface area contributed by atoms with Crippen molar-refractivity contribution in [3.63, 3.8) is 0 Å². The summed E-state index contributed by atoms with van der Waals surface area (Å²) in [6.07, 6.45) is -0.218. The predicted octanol–water partition coefficient (Wildman–Crippen LogP) is 2.81. The van der Waals surface area contributed by atoms with E-state index in [1.54, 1.807) is 32.9 Å². The van der Waals surface area contributed by atoms with E-state index < -0.39 is 26.1 Å². The second kappa shape index (κ2) is 11.4. The molecule has 9 nitrogen and oxygen atoms in total. The van der Waals surface area contributed by atoms with Crippen LogP contribution in [0.25, 0.3) is 0 Å². The molecule has 0 saturated carbocycles. The Bertz CT molecular complexity index is 1100. The number of anilines is 1. The molecule has 0 aliphatic rings. The lowest BCUT2D eigenvalue weighted by atomic mass is 10.2. The molecule has 11 heteroatoms. The lowest BCUT2D eigenvalue weighted by molar-refractivity contribution is 0.168. The molecule has 0 spiro atoms. The third-order valence-electron chi connectivity index (χ3n) is 4.66. The first kappa shape index (κ1) is 25.8. The largest absolute Gasteiger partial charge is 0.450 e. The van der Waals surface area contributed by atoms with Crippen LogP contribution in [0.1, 0.15) is 26.3 Å². The minimum atomic E-state index is -3.73. The Hall–Kier alpha value is -2.47. The van der Waals surface area contributed by atoms with Crippen LogP contribution in [0.4, 0.5) is 10.5 Å². The number of amides is 1. The highest BCUT2D eigenvalue weighted by Gasteiger charge is 2.21. The molecule has 0 atom stereocenters. The molecule has 176 valence electrons. The summed E-state index contributed by atoms with van der Waals surface area (Å²) in [5, 5.41) is 2.49. The molecular formula is C21H29N3O6S2. The van der Waals surface area contributed by atoms with Crippen LogP contribution in [0.3, 0.4) is 0 Å². The van der Waals surface area contributed by atoms with Crippen LogP contribution < -0.4 is 10.0 Å². The van der Waals surface area contributed by atoms with Gasteiger partial charge in [-0.1, -0.05) is 26.0 Å². The average Bonchev–Trinajstić information content (AvgIpc) is 2.75. The first-order valence-electron chi connectivity index (χ1n) is 10.3. The molecule has 2 aromatic rings. The molecular weight excluding hydrogens is 454 g/mol. The van der Waals surface area contributed by atoms with Crippen LogP contribution in [-0.2, 0) is 31.2 Å². The second-order valence-corrected chi connectivity index (χ2v) is 10.5. The molecule has 32 heavy (non-hydrogen) atoms. The normalized spacial score (nSPS) is 12.0. The molecule has 0 aromatic heterocycles. The summed E-state index contributed by atoms with van der Waals surface area (Å²) in [6.45, 7) is 6.41. The number of nitrogens with zero attached hydrogens (tertiary/aromatic N) is 1. The number of ether oxygens (including phenoxy) is 1. The molecule has 0 saturated heterocycles. The van der Waals surface area contributed by atoms with Crippen molar-refractivity contribution in [3.8, 4) is 0 Å².